The molecule has 1 saturated heterocycles. The van der Waals surface area contributed by atoms with Crippen LogP contribution in [0.15, 0.2) is 12.7 Å². The predicted octanol–water partition coefficient (Wildman–Crippen LogP) is 4.38. The van der Waals surface area contributed by atoms with Gasteiger partial charge >= 0.3 is 23.9 Å². The lowest BCUT2D eigenvalue weighted by Crippen LogP contribution is -2.62. The van der Waals surface area contributed by atoms with Crippen LogP contribution in [0.5, 0.6) is 0 Å². The van der Waals surface area contributed by atoms with E-state index in [-0.39, 0.29) is 42.8 Å². The van der Waals surface area contributed by atoms with Crippen molar-refractivity contribution in [3.63, 3.8) is 0 Å². The zero-order chi connectivity index (χ0) is 37.4. The Morgan fingerprint density at radius 1 is 0.800 bits per heavy atom. The first kappa shape index (κ1) is 43.5. The van der Waals surface area contributed by atoms with Crippen molar-refractivity contribution in [1.82, 2.24) is 9.80 Å². The summed E-state index contributed by atoms with van der Waals surface area (Å²) >= 11 is 0. The van der Waals surface area contributed by atoms with E-state index in [0.29, 0.717) is 37.2 Å². The van der Waals surface area contributed by atoms with Crippen LogP contribution in [0.4, 0.5) is 4.79 Å². The summed E-state index contributed by atoms with van der Waals surface area (Å²) in [7, 11) is 7.40. The molecule has 2 unspecified atom stereocenters. The number of aliphatic hydroxyl groups is 2. The molecule has 50 heavy (non-hydrogen) atoms. The normalized spacial score (nSPS) is 26.2. The highest BCUT2D eigenvalue weighted by molar-refractivity contribution is 8.76. The second kappa shape index (κ2) is 21.7. The van der Waals surface area contributed by atoms with Crippen LogP contribution in [0.2, 0.25) is 0 Å². The molecule has 284 valence electrons. The van der Waals surface area contributed by atoms with E-state index in [1.807, 2.05) is 0 Å². The molecule has 4 amide bonds. The number of ether oxygens (including phenoxy) is 3. The molecule has 4 bridgehead atoms. The molecule has 13 nitrogen and oxygen atoms in total. The van der Waals surface area contributed by atoms with Crippen molar-refractivity contribution in [3.05, 3.63) is 12.7 Å². The van der Waals surface area contributed by atoms with E-state index in [4.69, 9.17) is 4.74 Å². The monoisotopic (exact) mass is 744 g/mol. The number of rotatable bonds is 16. The van der Waals surface area contributed by atoms with Gasteiger partial charge in [-0.05, 0) is 75.5 Å². The molecule has 1 aliphatic heterocycles. The Morgan fingerprint density at radius 2 is 1.20 bits per heavy atom. The van der Waals surface area contributed by atoms with Crippen molar-refractivity contribution in [1.29, 1.82) is 0 Å². The minimum absolute atomic E-state index is 0.0521. The van der Waals surface area contributed by atoms with Gasteiger partial charge < -0.3 is 24.4 Å². The number of carbonyl (C=O) groups is 6. The fourth-order valence-corrected chi connectivity index (χ4v) is 9.29. The van der Waals surface area contributed by atoms with Crippen LogP contribution in [0.3, 0.4) is 0 Å². The third-order valence-electron chi connectivity index (χ3n) is 9.70. The number of methoxy groups -OCH3 is 3. The third-order valence-corrected chi connectivity index (χ3v) is 12.1. The Hall–Kier alpha value is -2.62. The number of hydrogen-bond acceptors (Lipinski definition) is 13. The fraction of sp³-hybridized carbons (Fsp3) is 0.771. The highest BCUT2D eigenvalue weighted by atomic mass is 33.1. The van der Waals surface area contributed by atoms with Crippen molar-refractivity contribution in [2.75, 3.05) is 45.9 Å². The second-order valence-electron chi connectivity index (χ2n) is 13.4. The molecule has 2 N–H and O–H groups in total. The molecule has 1 heterocycles. The van der Waals surface area contributed by atoms with E-state index in [9.17, 15) is 39.0 Å². The maximum absolute atomic E-state index is 12.4. The number of hydrogen-bond donors (Lipinski definition) is 2. The van der Waals surface area contributed by atoms with Gasteiger partial charge in [0.1, 0.15) is 5.92 Å². The van der Waals surface area contributed by atoms with E-state index in [0.717, 1.165) is 46.8 Å². The van der Waals surface area contributed by atoms with E-state index < -0.39 is 36.0 Å². The van der Waals surface area contributed by atoms with E-state index in [1.54, 1.807) is 42.5 Å². The number of urea groups is 1. The number of esters is 3. The number of carbonyl (C=O) groups excluding carboxylic acids is 6. The number of barbiturate groups is 1. The minimum atomic E-state index is -1.02. The van der Waals surface area contributed by atoms with Gasteiger partial charge in [0.2, 0.25) is 11.8 Å². The first-order valence-corrected chi connectivity index (χ1v) is 19.9. The van der Waals surface area contributed by atoms with Crippen LogP contribution in [0, 0.1) is 29.1 Å². The van der Waals surface area contributed by atoms with Crippen molar-refractivity contribution in [2.45, 2.75) is 96.7 Å². The number of allylic oxidation sites excluding steroid dienone is 1. The largest absolute Gasteiger partial charge is 0.469 e. The average Bonchev–Trinajstić information content (AvgIpc) is 3.10. The number of aliphatic hydroxyl groups excluding tert-OH is 2. The lowest BCUT2D eigenvalue weighted by molar-refractivity contribution is -0.168. The molecule has 5 rings (SSSR count). The third kappa shape index (κ3) is 12.6. The highest BCUT2D eigenvalue weighted by Crippen LogP contribution is 2.60. The summed E-state index contributed by atoms with van der Waals surface area (Å²) in [5.41, 5.74) is -0.0521. The highest BCUT2D eigenvalue weighted by Gasteiger charge is 2.55. The van der Waals surface area contributed by atoms with Crippen molar-refractivity contribution in [3.8, 4) is 0 Å². The molecule has 0 aromatic heterocycles. The summed E-state index contributed by atoms with van der Waals surface area (Å²) < 4.78 is 13.9. The molecular weight excluding hydrogens is 689 g/mol. The first-order valence-electron chi connectivity index (χ1n) is 17.4. The zero-order valence-corrected chi connectivity index (χ0v) is 31.8. The van der Waals surface area contributed by atoms with Crippen molar-refractivity contribution < 1.29 is 53.2 Å². The molecule has 2 atom stereocenters. The number of β-amino-alcohol motifs (C(OH)–C–C–N with tert-alkyl or cyclic N) is 2. The van der Waals surface area contributed by atoms with Gasteiger partial charge in [0.25, 0.3) is 0 Å². The van der Waals surface area contributed by atoms with E-state index >= 15 is 0 Å². The molecule has 0 aromatic carbocycles. The Balaban J connectivity index is 0.000000271. The van der Waals surface area contributed by atoms with E-state index in [2.05, 4.69) is 16.1 Å². The molecule has 4 aliphatic carbocycles. The second-order valence-corrected chi connectivity index (χ2v) is 16.1. The molecule has 0 spiro atoms. The fourth-order valence-electron chi connectivity index (χ4n) is 7.35. The molecule has 5 fully saturated rings. The maximum atomic E-state index is 12.4. The smallest absolute Gasteiger partial charge is 0.333 e. The topological polar surface area (TPSA) is 177 Å². The van der Waals surface area contributed by atoms with E-state index in [1.165, 1.54) is 39.6 Å². The van der Waals surface area contributed by atoms with Crippen LogP contribution in [0.25, 0.3) is 0 Å². The summed E-state index contributed by atoms with van der Waals surface area (Å²) in [5.74, 6) is 1.32. The standard InChI is InChI=1S/C15H24N2O5.C12H18O2.C8H14O4S2/c1-4-7-12-13(20)16(8-10(18)5-2)15(22)17(14(12)21)9-11(19)6-3;1-14-11(13)12-5-8-2-9(6-12)4-10(3-8)7-12;1-11-7(9)3-5-13-14-6-4-8(10)12-2/h4,10-12,18-19H,1,5-9H2,2-3H3;8-10H,2-7H2,1H3;3-6H2,1-2H3. The molecule has 0 radical (unpaired) electrons. The molecule has 4 saturated carbocycles. The summed E-state index contributed by atoms with van der Waals surface area (Å²) in [5, 5.41) is 19.4. The van der Waals surface area contributed by atoms with Crippen LogP contribution >= 0.6 is 21.6 Å². The van der Waals surface area contributed by atoms with Gasteiger partial charge in [0, 0.05) is 11.5 Å². The minimum Gasteiger partial charge on any atom is -0.469 e. The predicted molar refractivity (Wildman–Crippen MR) is 191 cm³/mol. The summed E-state index contributed by atoms with van der Waals surface area (Å²) in [6.45, 7) is 6.67. The lowest BCUT2D eigenvalue weighted by atomic mass is 9.49. The summed E-state index contributed by atoms with van der Waals surface area (Å²) in [6, 6.07) is -0.782. The lowest BCUT2D eigenvalue weighted by Gasteiger charge is -2.55. The number of nitrogens with zero attached hydrogens (tertiary/aromatic N) is 2. The van der Waals surface area contributed by atoms with Gasteiger partial charge in [0.05, 0.1) is 64.9 Å². The van der Waals surface area contributed by atoms with Gasteiger partial charge in [-0.3, -0.25) is 33.8 Å². The Labute approximate surface area is 304 Å². The van der Waals surface area contributed by atoms with Crippen molar-refractivity contribution >= 4 is 57.3 Å². The SMILES string of the molecule is C=CCC1C(=O)N(CC(O)CC)C(=O)N(CC(O)CC)C1=O.COC(=O)C12CC3CC(CC(C3)C1)C2.COC(=O)CCSSCCC(=O)OC. The molecule has 0 aromatic rings. The quantitative estimate of drug-likeness (QED) is 0.0569. The molecule has 15 heteroatoms. The van der Waals surface area contributed by atoms with Crippen LogP contribution in [-0.2, 0) is 38.2 Å². The van der Waals surface area contributed by atoms with Crippen LogP contribution < -0.4 is 0 Å². The van der Waals surface area contributed by atoms with Gasteiger partial charge in [-0.1, -0.05) is 41.5 Å². The number of imide groups is 2. The summed E-state index contributed by atoms with van der Waals surface area (Å²) in [4.78, 5) is 72.0. The van der Waals surface area contributed by atoms with Crippen LogP contribution in [-0.4, -0.2) is 114 Å². The van der Waals surface area contributed by atoms with Gasteiger partial charge in [0.15, 0.2) is 0 Å². The van der Waals surface area contributed by atoms with Crippen LogP contribution in [0.1, 0.15) is 84.5 Å². The number of amides is 4. The Kier molecular flexibility index (Phi) is 18.9. The Bertz CT molecular complexity index is 1090. The molecule has 5 aliphatic rings. The van der Waals surface area contributed by atoms with Gasteiger partial charge in [-0.15, -0.1) is 6.58 Å². The van der Waals surface area contributed by atoms with Gasteiger partial charge in [-0.2, -0.15) is 0 Å². The van der Waals surface area contributed by atoms with Crippen molar-refractivity contribution in [2.24, 2.45) is 29.1 Å². The zero-order valence-electron chi connectivity index (χ0n) is 30.1. The molecular formula is C35H56N2O11S2. The first-order chi connectivity index (χ1) is 23.8. The maximum Gasteiger partial charge on any atom is 0.333 e. The average molecular weight is 745 g/mol. The Morgan fingerprint density at radius 3 is 1.52 bits per heavy atom. The summed E-state index contributed by atoms with van der Waals surface area (Å²) in [6.07, 6.45) is 8.96. The van der Waals surface area contributed by atoms with Gasteiger partial charge in [-0.25, -0.2) is 4.79 Å².